The Morgan fingerprint density at radius 3 is 2.47 bits per heavy atom. The second-order valence-corrected chi connectivity index (χ2v) is 5.48. The third-order valence-corrected chi connectivity index (χ3v) is 3.91. The van der Waals surface area contributed by atoms with E-state index in [9.17, 15) is 0 Å². The van der Waals surface area contributed by atoms with Crippen LogP contribution in [0, 0.1) is 11.8 Å². The summed E-state index contributed by atoms with van der Waals surface area (Å²) in [4.78, 5) is 0. The lowest BCUT2D eigenvalue weighted by molar-refractivity contribution is 0.464. The van der Waals surface area contributed by atoms with Crippen LogP contribution in [0.3, 0.4) is 0 Å². The normalized spacial score (nSPS) is 29.5. The van der Waals surface area contributed by atoms with Crippen molar-refractivity contribution in [1.29, 1.82) is 0 Å². The second kappa shape index (κ2) is 4.17. The molecule has 2 unspecified atom stereocenters. The molecule has 1 aliphatic carbocycles. The molecule has 2 atom stereocenters. The van der Waals surface area contributed by atoms with E-state index in [0.717, 1.165) is 11.8 Å². The molecule has 0 bridgehead atoms. The summed E-state index contributed by atoms with van der Waals surface area (Å²) in [5.74, 6) is 2.25. The van der Waals surface area contributed by atoms with E-state index in [-0.39, 0.29) is 0 Å². The summed E-state index contributed by atoms with van der Waals surface area (Å²) in [6, 6.07) is 10.9. The van der Waals surface area contributed by atoms with Crippen LogP contribution in [0.4, 0.5) is 0 Å². The molecule has 1 saturated carbocycles. The Morgan fingerprint density at radius 1 is 1.33 bits per heavy atom. The molecule has 0 N–H and O–H groups in total. The number of hydrogen-bond acceptors (Lipinski definition) is 0. The van der Waals surface area contributed by atoms with Crippen LogP contribution >= 0.6 is 11.6 Å². The molecule has 1 fully saturated rings. The van der Waals surface area contributed by atoms with Crippen molar-refractivity contribution in [2.75, 3.05) is 5.88 Å². The minimum Gasteiger partial charge on any atom is -0.126 e. The van der Waals surface area contributed by atoms with Crippen LogP contribution in [0.1, 0.15) is 32.3 Å². The average Bonchev–Trinajstić information content (AvgIpc) is 2.93. The molecule has 2 rings (SSSR count). The third-order valence-electron chi connectivity index (χ3n) is 3.54. The topological polar surface area (TPSA) is 0 Å². The van der Waals surface area contributed by atoms with Crippen molar-refractivity contribution in [1.82, 2.24) is 0 Å². The van der Waals surface area contributed by atoms with Crippen molar-refractivity contribution in [2.45, 2.75) is 32.1 Å². The van der Waals surface area contributed by atoms with E-state index < -0.39 is 0 Å². The van der Waals surface area contributed by atoms with Gasteiger partial charge in [0.2, 0.25) is 0 Å². The predicted octanol–water partition coefficient (Wildman–Crippen LogP) is 4.23. The quantitative estimate of drug-likeness (QED) is 0.669. The average molecular weight is 223 g/mol. The Hall–Kier alpha value is -0.490. The van der Waals surface area contributed by atoms with Gasteiger partial charge in [0.15, 0.2) is 0 Å². The van der Waals surface area contributed by atoms with Gasteiger partial charge in [-0.15, -0.1) is 11.6 Å². The van der Waals surface area contributed by atoms with Gasteiger partial charge in [0, 0.05) is 5.88 Å². The molecule has 0 spiro atoms. The summed E-state index contributed by atoms with van der Waals surface area (Å²) in [7, 11) is 0. The Balaban J connectivity index is 2.22. The zero-order valence-corrected chi connectivity index (χ0v) is 10.3. The molecule has 15 heavy (non-hydrogen) atoms. The van der Waals surface area contributed by atoms with Crippen molar-refractivity contribution in [3.8, 4) is 0 Å². The molecule has 0 saturated heterocycles. The Kier molecular flexibility index (Phi) is 3.06. The number of alkyl halides is 1. The smallest absolute Gasteiger partial charge is 0.0260 e. The minimum atomic E-state index is 0.400. The van der Waals surface area contributed by atoms with E-state index in [4.69, 9.17) is 11.6 Å². The summed E-state index contributed by atoms with van der Waals surface area (Å²) < 4.78 is 0. The van der Waals surface area contributed by atoms with Gasteiger partial charge in [-0.25, -0.2) is 0 Å². The van der Waals surface area contributed by atoms with Gasteiger partial charge in [-0.3, -0.25) is 0 Å². The molecule has 0 aromatic heterocycles. The highest BCUT2D eigenvalue weighted by Crippen LogP contribution is 2.58. The van der Waals surface area contributed by atoms with Crippen LogP contribution in [-0.2, 0) is 5.41 Å². The fraction of sp³-hybridized carbons (Fsp3) is 0.571. The monoisotopic (exact) mass is 222 g/mol. The zero-order chi connectivity index (χ0) is 10.9. The lowest BCUT2D eigenvalue weighted by Gasteiger charge is -2.20. The van der Waals surface area contributed by atoms with E-state index in [1.165, 1.54) is 18.4 Å². The van der Waals surface area contributed by atoms with E-state index in [1.807, 2.05) is 0 Å². The molecule has 1 aliphatic rings. The van der Waals surface area contributed by atoms with E-state index >= 15 is 0 Å². The van der Waals surface area contributed by atoms with E-state index in [2.05, 4.69) is 44.2 Å². The van der Waals surface area contributed by atoms with Crippen molar-refractivity contribution >= 4 is 11.6 Å². The van der Waals surface area contributed by atoms with Crippen LogP contribution in [0.15, 0.2) is 30.3 Å². The Labute approximate surface area is 97.6 Å². The number of benzene rings is 1. The molecule has 0 heterocycles. The molecular formula is C14H19Cl. The second-order valence-electron chi connectivity index (χ2n) is 5.18. The van der Waals surface area contributed by atoms with Gasteiger partial charge < -0.3 is 0 Å². The largest absolute Gasteiger partial charge is 0.126 e. The molecular weight excluding hydrogens is 204 g/mol. The van der Waals surface area contributed by atoms with Crippen molar-refractivity contribution in [3.05, 3.63) is 35.9 Å². The fourth-order valence-corrected chi connectivity index (χ4v) is 3.21. The first-order valence-electron chi connectivity index (χ1n) is 5.80. The maximum absolute atomic E-state index is 6.02. The third kappa shape index (κ3) is 2.06. The zero-order valence-electron chi connectivity index (χ0n) is 9.54. The van der Waals surface area contributed by atoms with Crippen LogP contribution in [-0.4, -0.2) is 5.88 Å². The molecule has 1 aromatic carbocycles. The van der Waals surface area contributed by atoms with Gasteiger partial charge >= 0.3 is 0 Å². The van der Waals surface area contributed by atoms with Gasteiger partial charge in [-0.2, -0.15) is 0 Å². The van der Waals surface area contributed by atoms with Crippen LogP contribution in [0.5, 0.6) is 0 Å². The molecule has 1 heteroatoms. The Bertz CT molecular complexity index is 317. The van der Waals surface area contributed by atoms with Gasteiger partial charge in [0.25, 0.3) is 0 Å². The van der Waals surface area contributed by atoms with Crippen LogP contribution in [0.2, 0.25) is 0 Å². The van der Waals surface area contributed by atoms with Crippen molar-refractivity contribution in [3.63, 3.8) is 0 Å². The highest BCUT2D eigenvalue weighted by Gasteiger charge is 2.54. The van der Waals surface area contributed by atoms with Crippen LogP contribution < -0.4 is 0 Å². The van der Waals surface area contributed by atoms with Crippen molar-refractivity contribution < 1.29 is 0 Å². The first-order chi connectivity index (χ1) is 7.19. The van der Waals surface area contributed by atoms with E-state index in [0.29, 0.717) is 11.3 Å². The highest BCUT2D eigenvalue weighted by atomic mass is 35.5. The summed E-state index contributed by atoms with van der Waals surface area (Å²) in [6.07, 6.45) is 2.55. The Morgan fingerprint density at radius 2 is 2.00 bits per heavy atom. The lowest BCUT2D eigenvalue weighted by Crippen LogP contribution is -2.14. The summed E-state index contributed by atoms with van der Waals surface area (Å²) in [5.41, 5.74) is 1.89. The molecule has 0 nitrogen and oxygen atoms in total. The van der Waals surface area contributed by atoms with Gasteiger partial charge in [-0.1, -0.05) is 44.2 Å². The summed E-state index contributed by atoms with van der Waals surface area (Å²) >= 11 is 6.02. The SMILES string of the molecule is CC(C)CC1(c2ccccc2)CC1CCl. The molecule has 1 aromatic rings. The molecule has 0 aliphatic heterocycles. The maximum atomic E-state index is 6.02. The summed E-state index contributed by atoms with van der Waals surface area (Å²) in [6.45, 7) is 4.60. The first kappa shape index (κ1) is 11.0. The van der Waals surface area contributed by atoms with E-state index in [1.54, 1.807) is 0 Å². The molecule has 0 amide bonds. The van der Waals surface area contributed by atoms with Gasteiger partial charge in [0.05, 0.1) is 0 Å². The van der Waals surface area contributed by atoms with Crippen LogP contribution in [0.25, 0.3) is 0 Å². The number of halogens is 1. The summed E-state index contributed by atoms with van der Waals surface area (Å²) in [5, 5.41) is 0. The minimum absolute atomic E-state index is 0.400. The predicted molar refractivity (Wildman–Crippen MR) is 66.4 cm³/mol. The maximum Gasteiger partial charge on any atom is 0.0260 e. The first-order valence-corrected chi connectivity index (χ1v) is 6.34. The number of hydrogen-bond donors (Lipinski definition) is 0. The van der Waals surface area contributed by atoms with Gasteiger partial charge in [-0.05, 0) is 35.7 Å². The fourth-order valence-electron chi connectivity index (χ4n) is 2.80. The highest BCUT2D eigenvalue weighted by molar-refractivity contribution is 6.18. The number of rotatable bonds is 4. The van der Waals surface area contributed by atoms with Crippen molar-refractivity contribution in [2.24, 2.45) is 11.8 Å². The molecule has 82 valence electrons. The lowest BCUT2D eigenvalue weighted by atomic mass is 9.85. The van der Waals surface area contributed by atoms with Gasteiger partial charge in [0.1, 0.15) is 0 Å². The molecule has 0 radical (unpaired) electrons. The standard InChI is InChI=1S/C14H19Cl/c1-11(2)8-14(9-13(14)10-15)12-6-4-3-5-7-12/h3-7,11,13H,8-10H2,1-2H3.